The predicted octanol–water partition coefficient (Wildman–Crippen LogP) is 4.17. The van der Waals surface area contributed by atoms with Gasteiger partial charge in [0.2, 0.25) is 4.96 Å². The van der Waals surface area contributed by atoms with Crippen LogP contribution in [-0.2, 0) is 0 Å². The fourth-order valence-electron chi connectivity index (χ4n) is 2.44. The summed E-state index contributed by atoms with van der Waals surface area (Å²) in [5.41, 5.74) is 1.73. The summed E-state index contributed by atoms with van der Waals surface area (Å²) in [6.45, 7) is 0. The van der Waals surface area contributed by atoms with Crippen LogP contribution in [0.2, 0.25) is 0 Å². The van der Waals surface area contributed by atoms with Gasteiger partial charge >= 0.3 is 0 Å². The summed E-state index contributed by atoms with van der Waals surface area (Å²) >= 11 is 1.43. The fourth-order valence-corrected chi connectivity index (χ4v) is 3.18. The monoisotopic (exact) mass is 352 g/mol. The van der Waals surface area contributed by atoms with Crippen LogP contribution >= 0.6 is 11.3 Å². The van der Waals surface area contributed by atoms with Gasteiger partial charge in [-0.1, -0.05) is 29.5 Å². The summed E-state index contributed by atoms with van der Waals surface area (Å²) in [5, 5.41) is 13.6. The van der Waals surface area contributed by atoms with Crippen LogP contribution in [0.1, 0.15) is 10.6 Å². The number of methoxy groups -OCH3 is 1. The highest BCUT2D eigenvalue weighted by Crippen LogP contribution is 2.24. The molecule has 25 heavy (non-hydrogen) atoms. The van der Waals surface area contributed by atoms with E-state index >= 15 is 0 Å². The molecule has 2 aromatic carbocycles. The third-order valence-corrected chi connectivity index (χ3v) is 4.52. The normalized spacial score (nSPS) is 11.4. The van der Waals surface area contributed by atoms with E-state index in [0.29, 0.717) is 10.8 Å². The first-order valence-electron chi connectivity index (χ1n) is 7.54. The van der Waals surface area contributed by atoms with Crippen LogP contribution in [0.15, 0.2) is 48.5 Å². The minimum absolute atomic E-state index is 0.289. The van der Waals surface area contributed by atoms with Gasteiger partial charge in [-0.25, -0.2) is 4.39 Å². The second-order valence-electron chi connectivity index (χ2n) is 5.24. The molecular weight excluding hydrogens is 339 g/mol. The van der Waals surface area contributed by atoms with Crippen LogP contribution in [0.4, 0.5) is 4.39 Å². The Morgan fingerprint density at radius 1 is 1.04 bits per heavy atom. The average molecular weight is 352 g/mol. The van der Waals surface area contributed by atoms with Crippen molar-refractivity contribution in [3.8, 4) is 17.1 Å². The quantitative estimate of drug-likeness (QED) is 0.553. The highest BCUT2D eigenvalue weighted by molar-refractivity contribution is 7.17. The Morgan fingerprint density at radius 2 is 1.84 bits per heavy atom. The number of halogens is 1. The number of ether oxygens (including phenoxy) is 1. The number of benzene rings is 2. The van der Waals surface area contributed by atoms with Gasteiger partial charge in [-0.2, -0.15) is 9.61 Å². The number of aromatic nitrogens is 4. The molecule has 0 spiro atoms. The van der Waals surface area contributed by atoms with Crippen molar-refractivity contribution < 1.29 is 9.13 Å². The summed E-state index contributed by atoms with van der Waals surface area (Å²) < 4.78 is 20.1. The van der Waals surface area contributed by atoms with E-state index in [2.05, 4.69) is 15.3 Å². The summed E-state index contributed by atoms with van der Waals surface area (Å²) in [6.07, 6.45) is 3.85. The first kappa shape index (κ1) is 15.5. The second-order valence-corrected chi connectivity index (χ2v) is 6.23. The Labute approximate surface area is 147 Å². The smallest absolute Gasteiger partial charge is 0.235 e. The van der Waals surface area contributed by atoms with Crippen LogP contribution < -0.4 is 4.74 Å². The molecule has 0 aliphatic rings. The molecular formula is C18H13FN4OS. The zero-order valence-electron chi connectivity index (χ0n) is 13.3. The Kier molecular flexibility index (Phi) is 3.99. The van der Waals surface area contributed by atoms with E-state index in [1.807, 2.05) is 36.4 Å². The molecule has 5 nitrogen and oxygen atoms in total. The van der Waals surface area contributed by atoms with Crippen molar-refractivity contribution in [2.75, 3.05) is 7.11 Å². The lowest BCUT2D eigenvalue weighted by Crippen LogP contribution is -1.91. The topological polar surface area (TPSA) is 52.3 Å². The number of rotatable bonds is 4. The molecule has 0 aliphatic heterocycles. The molecule has 4 rings (SSSR count). The van der Waals surface area contributed by atoms with Crippen LogP contribution in [0, 0.1) is 5.82 Å². The predicted molar refractivity (Wildman–Crippen MR) is 96.0 cm³/mol. The van der Waals surface area contributed by atoms with E-state index in [4.69, 9.17) is 4.74 Å². The standard InChI is InChI=1S/C18H13FN4OS/c1-24-15-5-3-2-4-12(15)8-11-16-22-23-17(20-21-18(23)25-16)13-6-9-14(19)10-7-13/h2-11H,1H3/b11-8-. The fraction of sp³-hybridized carbons (Fsp3) is 0.0556. The lowest BCUT2D eigenvalue weighted by Gasteiger charge is -2.02. The first-order valence-corrected chi connectivity index (χ1v) is 8.35. The van der Waals surface area contributed by atoms with Crippen molar-refractivity contribution in [3.63, 3.8) is 0 Å². The maximum Gasteiger partial charge on any atom is 0.235 e. The molecule has 0 bridgehead atoms. The van der Waals surface area contributed by atoms with Crippen molar-refractivity contribution in [2.24, 2.45) is 0 Å². The number of fused-ring (bicyclic) bond motifs is 1. The van der Waals surface area contributed by atoms with E-state index in [1.165, 1.54) is 23.5 Å². The zero-order chi connectivity index (χ0) is 17.2. The molecule has 0 aliphatic carbocycles. The van der Waals surface area contributed by atoms with Gasteiger partial charge in [-0.3, -0.25) is 0 Å². The first-order chi connectivity index (χ1) is 12.2. The van der Waals surface area contributed by atoms with Gasteiger partial charge in [0.05, 0.1) is 7.11 Å². The van der Waals surface area contributed by atoms with E-state index in [-0.39, 0.29) is 5.82 Å². The lowest BCUT2D eigenvalue weighted by molar-refractivity contribution is 0.414. The summed E-state index contributed by atoms with van der Waals surface area (Å²) in [5.74, 6) is 1.10. The Morgan fingerprint density at radius 3 is 2.64 bits per heavy atom. The zero-order valence-corrected chi connectivity index (χ0v) is 14.1. The van der Waals surface area contributed by atoms with E-state index < -0.39 is 0 Å². The van der Waals surface area contributed by atoms with E-state index in [0.717, 1.165) is 21.9 Å². The third kappa shape index (κ3) is 3.01. The lowest BCUT2D eigenvalue weighted by atomic mass is 10.2. The highest BCUT2D eigenvalue weighted by Gasteiger charge is 2.12. The van der Waals surface area contributed by atoms with Crippen molar-refractivity contribution in [1.82, 2.24) is 19.8 Å². The number of nitrogens with zero attached hydrogens (tertiary/aromatic N) is 4. The average Bonchev–Trinajstić information content (AvgIpc) is 3.21. The van der Waals surface area contributed by atoms with Gasteiger partial charge in [0, 0.05) is 11.1 Å². The maximum absolute atomic E-state index is 13.1. The molecule has 124 valence electrons. The molecule has 0 fully saturated rings. The van der Waals surface area contributed by atoms with Crippen LogP contribution in [0.3, 0.4) is 0 Å². The van der Waals surface area contributed by atoms with Gasteiger partial charge < -0.3 is 4.74 Å². The molecule has 7 heteroatoms. The Hall–Kier alpha value is -3.06. The van der Waals surface area contributed by atoms with Gasteiger partial charge in [0.15, 0.2) is 5.82 Å². The second kappa shape index (κ2) is 6.45. The summed E-state index contributed by atoms with van der Waals surface area (Å²) in [4.78, 5) is 0.680. The van der Waals surface area contributed by atoms with E-state index in [9.17, 15) is 4.39 Å². The molecule has 0 saturated carbocycles. The van der Waals surface area contributed by atoms with Gasteiger partial charge in [-0.05, 0) is 42.5 Å². The van der Waals surface area contributed by atoms with Crippen molar-refractivity contribution in [2.45, 2.75) is 0 Å². The largest absolute Gasteiger partial charge is 0.496 e. The molecule has 2 heterocycles. The SMILES string of the molecule is COc1ccccc1/C=C\c1nn2c(-c3ccc(F)cc3)nnc2s1. The molecule has 0 atom stereocenters. The Balaban J connectivity index is 1.68. The molecule has 0 unspecified atom stereocenters. The molecule has 0 saturated heterocycles. The van der Waals surface area contributed by atoms with E-state index in [1.54, 1.807) is 23.8 Å². The molecule has 2 aromatic heterocycles. The molecule has 0 radical (unpaired) electrons. The highest BCUT2D eigenvalue weighted by atomic mass is 32.1. The third-order valence-electron chi connectivity index (χ3n) is 3.65. The van der Waals surface area contributed by atoms with Crippen LogP contribution in [0.5, 0.6) is 5.75 Å². The van der Waals surface area contributed by atoms with Crippen LogP contribution in [0.25, 0.3) is 28.5 Å². The van der Waals surface area contributed by atoms with Crippen molar-refractivity contribution in [1.29, 1.82) is 0 Å². The number of para-hydroxylation sites is 1. The Bertz CT molecular complexity index is 1050. The van der Waals surface area contributed by atoms with Crippen LogP contribution in [-0.4, -0.2) is 26.9 Å². The number of hydrogen-bond donors (Lipinski definition) is 0. The van der Waals surface area contributed by atoms with Gasteiger partial charge in [-0.15, -0.1) is 10.2 Å². The maximum atomic E-state index is 13.1. The van der Waals surface area contributed by atoms with Crippen molar-refractivity contribution >= 4 is 28.4 Å². The molecule has 4 aromatic rings. The van der Waals surface area contributed by atoms with Crippen molar-refractivity contribution in [3.05, 3.63) is 64.9 Å². The minimum atomic E-state index is -0.289. The molecule has 0 N–H and O–H groups in total. The molecule has 0 amide bonds. The summed E-state index contributed by atoms with van der Waals surface area (Å²) in [7, 11) is 1.64. The summed E-state index contributed by atoms with van der Waals surface area (Å²) in [6, 6.07) is 13.9. The van der Waals surface area contributed by atoms with Gasteiger partial charge in [0.25, 0.3) is 0 Å². The van der Waals surface area contributed by atoms with Gasteiger partial charge in [0.1, 0.15) is 16.6 Å². The number of hydrogen-bond acceptors (Lipinski definition) is 5. The minimum Gasteiger partial charge on any atom is -0.496 e.